The van der Waals surface area contributed by atoms with E-state index in [2.05, 4.69) is 34.2 Å². The van der Waals surface area contributed by atoms with Crippen molar-refractivity contribution in [3.63, 3.8) is 0 Å². The summed E-state index contributed by atoms with van der Waals surface area (Å²) in [7, 11) is 0. The minimum atomic E-state index is -1.02. The Bertz CT molecular complexity index is 983. The molecule has 1 N–H and O–H groups in total. The Kier molecular flexibility index (Phi) is 7.24. The molecule has 0 aliphatic rings. The van der Waals surface area contributed by atoms with Gasteiger partial charge in [-0.1, -0.05) is 78.5 Å². The van der Waals surface area contributed by atoms with Crippen LogP contribution in [0.2, 0.25) is 0 Å². The van der Waals surface area contributed by atoms with Gasteiger partial charge in [0.1, 0.15) is 5.75 Å². The molecule has 4 aromatic rings. The van der Waals surface area contributed by atoms with Crippen LogP contribution in [0.1, 0.15) is 12.8 Å². The molecule has 152 valence electrons. The fourth-order valence-corrected chi connectivity index (χ4v) is 5.09. The number of thioether (sulfide) groups is 1. The Labute approximate surface area is 184 Å². The molecule has 0 fully saturated rings. The Morgan fingerprint density at radius 1 is 0.833 bits per heavy atom. The van der Waals surface area contributed by atoms with Crippen LogP contribution in [-0.4, -0.2) is 31.0 Å². The lowest BCUT2D eigenvalue weighted by molar-refractivity contribution is 0.588. The smallest absolute Gasteiger partial charge is 0.244 e. The van der Waals surface area contributed by atoms with E-state index in [1.807, 2.05) is 54.6 Å². The maximum atomic E-state index is 12.3. The minimum Gasteiger partial charge on any atom is -0.610 e. The van der Waals surface area contributed by atoms with E-state index in [1.54, 1.807) is 18.0 Å². The van der Waals surface area contributed by atoms with Crippen LogP contribution in [0.15, 0.2) is 95.2 Å². The quantitative estimate of drug-likeness (QED) is 0.205. The summed E-state index contributed by atoms with van der Waals surface area (Å²) in [5.74, 6) is 1.57. The summed E-state index contributed by atoms with van der Waals surface area (Å²) in [6.45, 7) is 0. The van der Waals surface area contributed by atoms with Crippen molar-refractivity contribution in [3.8, 4) is 22.5 Å². The van der Waals surface area contributed by atoms with Gasteiger partial charge in [0.25, 0.3) is 0 Å². The fraction of sp³-hybridized carbons (Fsp3) is 0.167. The lowest BCUT2D eigenvalue weighted by Gasteiger charge is -2.08. The normalized spacial score (nSPS) is 12.0. The molecule has 2 aromatic carbocycles. The number of hydrogen-bond acceptors (Lipinski definition) is 4. The number of rotatable bonds is 9. The van der Waals surface area contributed by atoms with Gasteiger partial charge in [0.2, 0.25) is 5.03 Å². The predicted octanol–water partition coefficient (Wildman–Crippen LogP) is 5.82. The van der Waals surface area contributed by atoms with Gasteiger partial charge in [-0.2, -0.15) is 0 Å². The largest absolute Gasteiger partial charge is 0.610 e. The van der Waals surface area contributed by atoms with Crippen molar-refractivity contribution in [2.45, 2.75) is 23.0 Å². The van der Waals surface area contributed by atoms with Gasteiger partial charge >= 0.3 is 0 Å². The molecular formula is C24H23N3OS2. The maximum Gasteiger partial charge on any atom is 0.244 e. The van der Waals surface area contributed by atoms with Crippen molar-refractivity contribution < 1.29 is 4.55 Å². The minimum absolute atomic E-state index is 0.639. The van der Waals surface area contributed by atoms with Crippen LogP contribution in [0.25, 0.3) is 22.5 Å². The molecule has 0 aliphatic carbocycles. The van der Waals surface area contributed by atoms with Crippen LogP contribution in [-0.2, 0) is 11.2 Å². The Morgan fingerprint density at radius 3 is 2.23 bits per heavy atom. The van der Waals surface area contributed by atoms with E-state index in [4.69, 9.17) is 4.98 Å². The number of benzene rings is 2. The molecule has 1 unspecified atom stereocenters. The molecular weight excluding hydrogens is 410 g/mol. The highest BCUT2D eigenvalue weighted by Crippen LogP contribution is 2.32. The number of unbranched alkanes of at least 4 members (excludes halogenated alkanes) is 1. The molecule has 2 aromatic heterocycles. The standard InChI is InChI=1S/C24H23N3OS2/c28-30(21-15-7-8-16-25-21)18-10-9-17-29-24-26-22(19-11-3-1-4-12-19)23(27-24)20-13-5-2-6-14-20/h1-8,11-16H,9-10,17-18H2,(H,26,27). The van der Waals surface area contributed by atoms with Crippen LogP contribution in [0, 0.1) is 0 Å². The second-order valence-corrected chi connectivity index (χ2v) is 9.37. The second kappa shape index (κ2) is 10.5. The van der Waals surface area contributed by atoms with Crippen LogP contribution >= 0.6 is 11.8 Å². The first-order valence-corrected chi connectivity index (χ1v) is 12.2. The molecule has 0 spiro atoms. The van der Waals surface area contributed by atoms with Gasteiger partial charge < -0.3 is 9.54 Å². The SMILES string of the molecule is [O-][S+](CCCCSc1nc(-c2ccccc2)c(-c2ccccc2)[nH]1)c1ccccn1. The summed E-state index contributed by atoms with van der Waals surface area (Å²) in [5.41, 5.74) is 4.24. The van der Waals surface area contributed by atoms with E-state index < -0.39 is 11.2 Å². The zero-order chi connectivity index (χ0) is 20.6. The van der Waals surface area contributed by atoms with Gasteiger partial charge in [-0.3, -0.25) is 0 Å². The monoisotopic (exact) mass is 433 g/mol. The van der Waals surface area contributed by atoms with Crippen molar-refractivity contribution in [3.05, 3.63) is 85.1 Å². The van der Waals surface area contributed by atoms with Crippen LogP contribution < -0.4 is 0 Å². The third-order valence-corrected chi connectivity index (χ3v) is 6.95. The summed E-state index contributed by atoms with van der Waals surface area (Å²) >= 11 is 0.686. The third kappa shape index (κ3) is 5.33. The van der Waals surface area contributed by atoms with Gasteiger partial charge in [-0.25, -0.2) is 9.97 Å². The summed E-state index contributed by atoms with van der Waals surface area (Å²) in [5, 5.41) is 1.58. The van der Waals surface area contributed by atoms with Gasteiger partial charge in [-0.15, -0.1) is 0 Å². The molecule has 0 bridgehead atoms. The molecule has 2 heterocycles. The number of aromatic amines is 1. The fourth-order valence-electron chi connectivity index (χ4n) is 3.13. The molecule has 4 rings (SSSR count). The zero-order valence-corrected chi connectivity index (χ0v) is 18.2. The highest BCUT2D eigenvalue weighted by Gasteiger charge is 2.15. The van der Waals surface area contributed by atoms with Gasteiger partial charge in [0, 0.05) is 40.3 Å². The topological polar surface area (TPSA) is 64.6 Å². The number of hydrogen-bond donors (Lipinski definition) is 1. The van der Waals surface area contributed by atoms with E-state index in [-0.39, 0.29) is 0 Å². The van der Waals surface area contributed by atoms with Gasteiger partial charge in [0.15, 0.2) is 5.16 Å². The molecule has 0 aliphatic heterocycles. The van der Waals surface area contributed by atoms with Crippen molar-refractivity contribution in [1.29, 1.82) is 0 Å². The lowest BCUT2D eigenvalue weighted by Crippen LogP contribution is -2.08. The first-order chi connectivity index (χ1) is 14.8. The molecule has 30 heavy (non-hydrogen) atoms. The Morgan fingerprint density at radius 2 is 1.53 bits per heavy atom. The third-order valence-electron chi connectivity index (χ3n) is 4.63. The number of H-pyrrole nitrogens is 1. The summed E-state index contributed by atoms with van der Waals surface area (Å²) in [4.78, 5) is 12.6. The molecule has 0 radical (unpaired) electrons. The highest BCUT2D eigenvalue weighted by molar-refractivity contribution is 7.99. The van der Waals surface area contributed by atoms with E-state index in [0.29, 0.717) is 10.8 Å². The van der Waals surface area contributed by atoms with Crippen molar-refractivity contribution in [2.24, 2.45) is 0 Å². The van der Waals surface area contributed by atoms with E-state index >= 15 is 0 Å². The molecule has 1 atom stereocenters. The Hall–Kier alpha value is -2.54. The van der Waals surface area contributed by atoms with Crippen LogP contribution in [0.3, 0.4) is 0 Å². The Balaban J connectivity index is 1.38. The number of aromatic nitrogens is 3. The average Bonchev–Trinajstić information content (AvgIpc) is 3.25. The van der Waals surface area contributed by atoms with E-state index in [0.717, 1.165) is 46.3 Å². The maximum absolute atomic E-state index is 12.3. The molecule has 0 amide bonds. The summed E-state index contributed by atoms with van der Waals surface area (Å²) in [6, 6.07) is 26.1. The average molecular weight is 434 g/mol. The molecule has 4 nitrogen and oxygen atoms in total. The first kappa shape index (κ1) is 20.7. The van der Waals surface area contributed by atoms with Crippen molar-refractivity contribution in [2.75, 3.05) is 11.5 Å². The van der Waals surface area contributed by atoms with Crippen LogP contribution in [0.5, 0.6) is 0 Å². The molecule has 0 saturated heterocycles. The number of pyridine rings is 1. The molecule has 0 saturated carbocycles. The van der Waals surface area contributed by atoms with Gasteiger partial charge in [0.05, 0.1) is 11.4 Å². The van der Waals surface area contributed by atoms with E-state index in [9.17, 15) is 4.55 Å². The van der Waals surface area contributed by atoms with Crippen LogP contribution in [0.4, 0.5) is 0 Å². The lowest BCUT2D eigenvalue weighted by atomic mass is 10.1. The predicted molar refractivity (Wildman–Crippen MR) is 125 cm³/mol. The number of nitrogens with one attached hydrogen (secondary N) is 1. The highest BCUT2D eigenvalue weighted by atomic mass is 32.2. The summed E-state index contributed by atoms with van der Waals surface area (Å²) < 4.78 is 12.3. The van der Waals surface area contributed by atoms with Gasteiger partial charge in [-0.05, 0) is 18.9 Å². The first-order valence-electron chi connectivity index (χ1n) is 9.94. The van der Waals surface area contributed by atoms with E-state index in [1.165, 1.54) is 0 Å². The zero-order valence-electron chi connectivity index (χ0n) is 16.5. The second-order valence-electron chi connectivity index (χ2n) is 6.77. The molecule has 6 heteroatoms. The number of imidazole rings is 1. The number of nitrogens with zero attached hydrogens (tertiary/aromatic N) is 2. The van der Waals surface area contributed by atoms with Crippen molar-refractivity contribution >= 4 is 22.9 Å². The van der Waals surface area contributed by atoms with Crippen molar-refractivity contribution in [1.82, 2.24) is 15.0 Å². The summed E-state index contributed by atoms with van der Waals surface area (Å²) in [6.07, 6.45) is 3.56.